The molecule has 1 aromatic heterocycles. The molecule has 2 aromatic rings. The summed E-state index contributed by atoms with van der Waals surface area (Å²) in [7, 11) is 0. The monoisotopic (exact) mass is 522 g/mol. The highest BCUT2D eigenvalue weighted by Gasteiger charge is 2.19. The van der Waals surface area contributed by atoms with Gasteiger partial charge in [0.1, 0.15) is 5.69 Å². The Morgan fingerprint density at radius 1 is 0.865 bits per heavy atom. The van der Waals surface area contributed by atoms with Crippen LogP contribution in [0.5, 0.6) is 0 Å². The van der Waals surface area contributed by atoms with Gasteiger partial charge in [0.05, 0.1) is 16.5 Å². The van der Waals surface area contributed by atoms with Gasteiger partial charge in [0.2, 0.25) is 0 Å². The highest BCUT2D eigenvalue weighted by Crippen LogP contribution is 2.14. The molecule has 2 fully saturated rings. The SMILES string of the molecule is O=C(O)c1cccc(CN2CCCN3CCN(CCc4ccc(N=C=S)cc4)CCCN(CC3)CC2)n1. The summed E-state index contributed by atoms with van der Waals surface area (Å²) < 4.78 is 0. The van der Waals surface area contributed by atoms with E-state index in [-0.39, 0.29) is 5.69 Å². The van der Waals surface area contributed by atoms with E-state index in [9.17, 15) is 9.90 Å². The first-order valence-electron chi connectivity index (χ1n) is 13.3. The number of hydrogen-bond donors (Lipinski definition) is 1. The Morgan fingerprint density at radius 2 is 1.51 bits per heavy atom. The number of rotatable bonds is 7. The summed E-state index contributed by atoms with van der Waals surface area (Å²) in [5.74, 6) is -0.970. The van der Waals surface area contributed by atoms with Crippen molar-refractivity contribution in [1.29, 1.82) is 0 Å². The molecule has 37 heavy (non-hydrogen) atoms. The van der Waals surface area contributed by atoms with Crippen LogP contribution in [0.25, 0.3) is 0 Å². The minimum absolute atomic E-state index is 0.121. The molecule has 8 nitrogen and oxygen atoms in total. The van der Waals surface area contributed by atoms with Gasteiger partial charge in [-0.05, 0) is 87.5 Å². The average molecular weight is 523 g/mol. The lowest BCUT2D eigenvalue weighted by Gasteiger charge is -2.35. The summed E-state index contributed by atoms with van der Waals surface area (Å²) >= 11 is 4.70. The molecule has 1 N–H and O–H groups in total. The van der Waals surface area contributed by atoms with Crippen LogP contribution in [0.1, 0.15) is 34.6 Å². The number of aromatic nitrogens is 1. The van der Waals surface area contributed by atoms with Crippen LogP contribution in [0, 0.1) is 0 Å². The first-order chi connectivity index (χ1) is 18.1. The Balaban J connectivity index is 1.32. The Hall–Kier alpha value is -2.52. The Kier molecular flexibility index (Phi) is 10.7. The fraction of sp³-hybridized carbons (Fsp3) is 0.536. The summed E-state index contributed by atoms with van der Waals surface area (Å²) in [6, 6.07) is 13.6. The number of isothiocyanates is 1. The molecule has 2 saturated heterocycles. The summed E-state index contributed by atoms with van der Waals surface area (Å²) in [5, 5.41) is 11.7. The van der Waals surface area contributed by atoms with Crippen LogP contribution >= 0.6 is 12.2 Å². The molecule has 2 aliphatic rings. The van der Waals surface area contributed by atoms with E-state index in [1.54, 1.807) is 12.1 Å². The lowest BCUT2D eigenvalue weighted by atomic mass is 10.1. The minimum Gasteiger partial charge on any atom is -0.477 e. The van der Waals surface area contributed by atoms with E-state index >= 15 is 0 Å². The maximum atomic E-state index is 11.3. The lowest BCUT2D eigenvalue weighted by Crippen LogP contribution is -2.47. The Morgan fingerprint density at radius 3 is 2.19 bits per heavy atom. The predicted octanol–water partition coefficient (Wildman–Crippen LogP) is 3.27. The van der Waals surface area contributed by atoms with Gasteiger partial charge < -0.3 is 19.8 Å². The molecular weight excluding hydrogens is 484 g/mol. The van der Waals surface area contributed by atoms with Crippen molar-refractivity contribution in [2.24, 2.45) is 4.99 Å². The van der Waals surface area contributed by atoms with Crippen LogP contribution in [0.15, 0.2) is 47.5 Å². The predicted molar refractivity (Wildman–Crippen MR) is 150 cm³/mol. The van der Waals surface area contributed by atoms with Crippen LogP contribution in [-0.2, 0) is 13.0 Å². The number of aromatic carboxylic acids is 1. The van der Waals surface area contributed by atoms with E-state index in [4.69, 9.17) is 12.2 Å². The molecule has 1 aromatic carbocycles. The van der Waals surface area contributed by atoms with E-state index < -0.39 is 5.97 Å². The molecule has 0 saturated carbocycles. The molecule has 2 aliphatic heterocycles. The molecule has 2 unspecified atom stereocenters. The number of fused-ring (bicyclic) bond motifs is 3. The molecule has 2 bridgehead atoms. The number of hydrogen-bond acceptors (Lipinski definition) is 8. The third-order valence-electron chi connectivity index (χ3n) is 7.33. The summed E-state index contributed by atoms with van der Waals surface area (Å²) in [6.07, 6.45) is 3.32. The van der Waals surface area contributed by atoms with Crippen LogP contribution in [0.2, 0.25) is 0 Å². The zero-order valence-electron chi connectivity index (χ0n) is 21.6. The number of carboxylic acid groups (broad SMARTS) is 1. The van der Waals surface area contributed by atoms with Crippen molar-refractivity contribution in [1.82, 2.24) is 24.6 Å². The third kappa shape index (κ3) is 9.07. The van der Waals surface area contributed by atoms with Crippen molar-refractivity contribution in [2.45, 2.75) is 25.8 Å². The number of pyridine rings is 1. The largest absolute Gasteiger partial charge is 0.477 e. The fourth-order valence-corrected chi connectivity index (χ4v) is 5.26. The third-order valence-corrected chi connectivity index (χ3v) is 7.43. The maximum Gasteiger partial charge on any atom is 0.354 e. The molecule has 0 radical (unpaired) electrons. The van der Waals surface area contributed by atoms with Gasteiger partial charge in [-0.3, -0.25) is 4.90 Å². The van der Waals surface area contributed by atoms with Crippen molar-refractivity contribution in [3.63, 3.8) is 0 Å². The first kappa shape index (κ1) is 27.5. The number of benzene rings is 1. The Bertz CT molecular complexity index is 1060. The summed E-state index contributed by atoms with van der Waals surface area (Å²) in [5.41, 5.74) is 3.14. The molecule has 4 rings (SSSR count). The highest BCUT2D eigenvalue weighted by molar-refractivity contribution is 7.78. The van der Waals surface area contributed by atoms with Crippen LogP contribution < -0.4 is 0 Å². The molecule has 198 valence electrons. The smallest absolute Gasteiger partial charge is 0.354 e. The van der Waals surface area contributed by atoms with Gasteiger partial charge in [-0.25, -0.2) is 9.78 Å². The average Bonchev–Trinajstić information content (AvgIpc) is 2.91. The molecule has 2 atom stereocenters. The lowest BCUT2D eigenvalue weighted by molar-refractivity contribution is 0.0689. The second-order valence-corrected chi connectivity index (χ2v) is 10.1. The number of aliphatic imine (C=N–C) groups is 1. The van der Waals surface area contributed by atoms with Crippen molar-refractivity contribution in [2.75, 3.05) is 72.0 Å². The number of thiocarbonyl (C=S) groups is 1. The van der Waals surface area contributed by atoms with E-state index in [0.717, 1.165) is 96.2 Å². The summed E-state index contributed by atoms with van der Waals surface area (Å²) in [6.45, 7) is 12.5. The van der Waals surface area contributed by atoms with Gasteiger partial charge in [-0.1, -0.05) is 18.2 Å². The van der Waals surface area contributed by atoms with Gasteiger partial charge in [-0.15, -0.1) is 0 Å². The maximum absolute atomic E-state index is 11.3. The normalized spacial score (nSPS) is 22.2. The zero-order chi connectivity index (χ0) is 25.9. The van der Waals surface area contributed by atoms with E-state index in [0.29, 0.717) is 6.54 Å². The van der Waals surface area contributed by atoms with Crippen LogP contribution in [0.3, 0.4) is 0 Å². The number of carboxylic acids is 1. The Labute approximate surface area is 225 Å². The molecule has 9 heteroatoms. The minimum atomic E-state index is -0.970. The fourth-order valence-electron chi connectivity index (χ4n) is 5.15. The van der Waals surface area contributed by atoms with E-state index in [2.05, 4.69) is 46.9 Å². The number of carbonyl (C=O) groups is 1. The molecule has 3 heterocycles. The second kappa shape index (κ2) is 14.4. The van der Waals surface area contributed by atoms with Gasteiger partial charge in [-0.2, -0.15) is 4.99 Å². The zero-order valence-corrected chi connectivity index (χ0v) is 22.4. The van der Waals surface area contributed by atoms with Crippen molar-refractivity contribution < 1.29 is 9.90 Å². The van der Waals surface area contributed by atoms with Crippen molar-refractivity contribution in [3.8, 4) is 0 Å². The van der Waals surface area contributed by atoms with Gasteiger partial charge in [0, 0.05) is 52.4 Å². The highest BCUT2D eigenvalue weighted by atomic mass is 32.1. The topological polar surface area (TPSA) is 75.5 Å². The van der Waals surface area contributed by atoms with Crippen molar-refractivity contribution >= 4 is 29.0 Å². The van der Waals surface area contributed by atoms with Crippen LogP contribution in [-0.4, -0.2) is 113 Å². The summed E-state index contributed by atoms with van der Waals surface area (Å²) in [4.78, 5) is 30.0. The second-order valence-electron chi connectivity index (χ2n) is 9.95. The van der Waals surface area contributed by atoms with E-state index in [1.165, 1.54) is 12.0 Å². The standard InChI is InChI=1S/C28H38N6O2S/c35-28(36)27-5-1-4-26(30-27)22-34-14-3-13-32-17-16-31(11-2-12-33(19-18-32)20-21-34)15-10-24-6-8-25(9-7-24)29-23-37/h1,4-9H,2-3,10-22H2,(H,35,36). The molecule has 0 aliphatic carbocycles. The van der Waals surface area contributed by atoms with E-state index in [1.807, 2.05) is 18.2 Å². The van der Waals surface area contributed by atoms with Crippen molar-refractivity contribution in [3.05, 3.63) is 59.4 Å². The number of nitrogens with zero attached hydrogens (tertiary/aromatic N) is 6. The van der Waals surface area contributed by atoms with Gasteiger partial charge in [0.15, 0.2) is 0 Å². The van der Waals surface area contributed by atoms with Crippen LogP contribution in [0.4, 0.5) is 5.69 Å². The first-order valence-corrected chi connectivity index (χ1v) is 13.8. The molecular formula is C28H38N6O2S. The molecule has 0 amide bonds. The van der Waals surface area contributed by atoms with Gasteiger partial charge >= 0.3 is 5.97 Å². The van der Waals surface area contributed by atoms with Gasteiger partial charge in [0.25, 0.3) is 0 Å². The quantitative estimate of drug-likeness (QED) is 0.439. The molecule has 0 spiro atoms.